The van der Waals surface area contributed by atoms with E-state index in [9.17, 15) is 9.90 Å². The van der Waals surface area contributed by atoms with Crippen LogP contribution in [-0.4, -0.2) is 66.1 Å². The quantitative estimate of drug-likeness (QED) is 0.175. The molecule has 2 unspecified atom stereocenters. The third-order valence-electron chi connectivity index (χ3n) is 6.23. The molecule has 4 atom stereocenters. The van der Waals surface area contributed by atoms with Crippen molar-refractivity contribution >= 4 is 17.9 Å². The number of benzene rings is 1. The zero-order chi connectivity index (χ0) is 25.0. The second-order valence-electron chi connectivity index (χ2n) is 8.62. The molecule has 184 valence electrons. The molecule has 0 amide bonds. The summed E-state index contributed by atoms with van der Waals surface area (Å²) < 4.78 is 0. The molecule has 8 heteroatoms. The van der Waals surface area contributed by atoms with Gasteiger partial charge < -0.3 is 10.4 Å². The number of nitrogens with zero attached hydrogens (tertiary/aromatic N) is 5. The number of rotatable bonds is 14. The lowest BCUT2D eigenvalue weighted by Gasteiger charge is -2.29. The van der Waals surface area contributed by atoms with Crippen molar-refractivity contribution in [2.45, 2.75) is 72.5 Å². The Kier molecular flexibility index (Phi) is 12.2. The van der Waals surface area contributed by atoms with Gasteiger partial charge >= 0.3 is 5.97 Å². The fourth-order valence-electron chi connectivity index (χ4n) is 3.45. The van der Waals surface area contributed by atoms with Crippen LogP contribution in [0.25, 0.3) is 0 Å². The number of hydrogen-bond acceptors (Lipinski definition) is 6. The van der Waals surface area contributed by atoms with Crippen molar-refractivity contribution in [3.8, 4) is 0 Å². The van der Waals surface area contributed by atoms with Gasteiger partial charge in [0.2, 0.25) is 0 Å². The van der Waals surface area contributed by atoms with E-state index in [2.05, 4.69) is 54.5 Å². The molecule has 0 saturated carbocycles. The first-order valence-electron chi connectivity index (χ1n) is 11.6. The summed E-state index contributed by atoms with van der Waals surface area (Å²) in [5.74, 6) is -0.546. The molecule has 0 saturated heterocycles. The highest BCUT2D eigenvalue weighted by Gasteiger charge is 2.22. The Labute approximate surface area is 199 Å². The SMILES string of the molecule is C/C=N\N(C)[C@@H](C)[C@H](C)C(C)/N=N\N(C)CCC(Nc1ccccc1CC(=O)O)/C(C)=C/C. The van der Waals surface area contributed by atoms with Crippen molar-refractivity contribution in [1.82, 2.24) is 10.0 Å². The van der Waals surface area contributed by atoms with E-state index in [4.69, 9.17) is 0 Å². The van der Waals surface area contributed by atoms with Crippen LogP contribution in [0, 0.1) is 5.92 Å². The third-order valence-corrected chi connectivity index (χ3v) is 6.23. The summed E-state index contributed by atoms with van der Waals surface area (Å²) in [4.78, 5) is 11.2. The Morgan fingerprint density at radius 2 is 1.85 bits per heavy atom. The molecule has 0 aliphatic rings. The summed E-state index contributed by atoms with van der Waals surface area (Å²) >= 11 is 0. The van der Waals surface area contributed by atoms with E-state index in [1.165, 1.54) is 5.57 Å². The zero-order valence-electron chi connectivity index (χ0n) is 21.5. The van der Waals surface area contributed by atoms with Gasteiger partial charge in [-0.2, -0.15) is 10.2 Å². The third kappa shape index (κ3) is 9.63. The lowest BCUT2D eigenvalue weighted by atomic mass is 9.96. The molecule has 8 nitrogen and oxygen atoms in total. The molecule has 0 bridgehead atoms. The molecule has 0 aliphatic heterocycles. The van der Waals surface area contributed by atoms with Gasteiger partial charge in [-0.15, -0.1) is 0 Å². The Morgan fingerprint density at radius 3 is 2.45 bits per heavy atom. The largest absolute Gasteiger partial charge is 0.481 e. The van der Waals surface area contributed by atoms with E-state index in [-0.39, 0.29) is 24.5 Å². The minimum atomic E-state index is -0.839. The topological polar surface area (TPSA) is 92.9 Å². The van der Waals surface area contributed by atoms with Crippen LogP contribution in [-0.2, 0) is 11.2 Å². The van der Waals surface area contributed by atoms with Gasteiger partial charge in [-0.1, -0.05) is 42.0 Å². The maximum atomic E-state index is 11.2. The highest BCUT2D eigenvalue weighted by molar-refractivity contribution is 5.73. The minimum absolute atomic E-state index is 0.00779. The van der Waals surface area contributed by atoms with Gasteiger partial charge in [-0.25, -0.2) is 0 Å². The molecule has 0 radical (unpaired) electrons. The average Bonchev–Trinajstić information content (AvgIpc) is 2.79. The van der Waals surface area contributed by atoms with Crippen LogP contribution in [0.2, 0.25) is 0 Å². The van der Waals surface area contributed by atoms with Crippen molar-refractivity contribution in [2.24, 2.45) is 21.4 Å². The van der Waals surface area contributed by atoms with Gasteiger partial charge in [0.05, 0.1) is 12.5 Å². The molecule has 0 aliphatic carbocycles. The van der Waals surface area contributed by atoms with E-state index >= 15 is 0 Å². The number of nitrogens with one attached hydrogen (secondary N) is 1. The molecule has 2 N–H and O–H groups in total. The maximum absolute atomic E-state index is 11.2. The van der Waals surface area contributed by atoms with Crippen molar-refractivity contribution in [3.05, 3.63) is 41.5 Å². The normalized spacial score (nSPS) is 15.9. The summed E-state index contributed by atoms with van der Waals surface area (Å²) in [6.45, 7) is 13.1. The van der Waals surface area contributed by atoms with Crippen molar-refractivity contribution in [2.75, 3.05) is 26.0 Å². The second kappa shape index (κ2) is 14.3. The number of para-hydroxylation sites is 1. The van der Waals surface area contributed by atoms with Crippen LogP contribution in [0.15, 0.2) is 51.4 Å². The van der Waals surface area contributed by atoms with Gasteiger partial charge in [0.1, 0.15) is 0 Å². The standard InChI is InChI=1S/C25H42N6O2/c1-9-18(3)23(27-24-14-12-11-13-22(24)17-25(32)33)15-16-30(7)29-28-20(5)19(4)21(6)31(8)26-10-2/h9-14,19-21,23,27H,15-17H2,1-8H3,(H,32,33)/b18-9+,26-10-,29-28-/t19-,20?,21+,23?/m1/s1. The molecule has 0 spiro atoms. The van der Waals surface area contributed by atoms with Crippen LogP contribution in [0.3, 0.4) is 0 Å². The molecule has 0 fully saturated rings. The number of carboxylic acids is 1. The number of aliphatic carboxylic acids is 1. The van der Waals surface area contributed by atoms with Crippen LogP contribution in [0.4, 0.5) is 5.69 Å². The van der Waals surface area contributed by atoms with E-state index in [1.807, 2.05) is 62.2 Å². The Balaban J connectivity index is 2.77. The van der Waals surface area contributed by atoms with Crippen molar-refractivity contribution in [1.29, 1.82) is 0 Å². The molecular weight excluding hydrogens is 416 g/mol. The number of anilines is 1. The second-order valence-corrected chi connectivity index (χ2v) is 8.62. The summed E-state index contributed by atoms with van der Waals surface area (Å²) in [5.41, 5.74) is 2.83. The Hall–Kier alpha value is -2.90. The van der Waals surface area contributed by atoms with Gasteiger partial charge in [0.15, 0.2) is 0 Å². The number of hydrogen-bond donors (Lipinski definition) is 2. The summed E-state index contributed by atoms with van der Waals surface area (Å²) in [6.07, 6.45) is 4.67. The fourth-order valence-corrected chi connectivity index (χ4v) is 3.45. The van der Waals surface area contributed by atoms with Crippen LogP contribution in [0.1, 0.15) is 53.5 Å². The van der Waals surface area contributed by atoms with Gasteiger partial charge in [0, 0.05) is 50.5 Å². The highest BCUT2D eigenvalue weighted by atomic mass is 16.4. The molecular formula is C25H42N6O2. The molecule has 0 aromatic heterocycles. The molecule has 0 heterocycles. The van der Waals surface area contributed by atoms with Gasteiger partial charge in [-0.3, -0.25) is 14.8 Å². The summed E-state index contributed by atoms with van der Waals surface area (Å²) in [6, 6.07) is 7.95. The van der Waals surface area contributed by atoms with Gasteiger partial charge in [-0.05, 0) is 52.7 Å². The first-order chi connectivity index (χ1) is 15.6. The Bertz CT molecular complexity index is 823. The highest BCUT2D eigenvalue weighted by Crippen LogP contribution is 2.21. The van der Waals surface area contributed by atoms with Crippen LogP contribution in [0.5, 0.6) is 0 Å². The van der Waals surface area contributed by atoms with Gasteiger partial charge in [0.25, 0.3) is 0 Å². The van der Waals surface area contributed by atoms with Crippen LogP contribution >= 0.6 is 0 Å². The van der Waals surface area contributed by atoms with E-state index < -0.39 is 5.97 Å². The molecule has 33 heavy (non-hydrogen) atoms. The fraction of sp³-hybridized carbons (Fsp3) is 0.600. The smallest absolute Gasteiger partial charge is 0.307 e. The predicted octanol–water partition coefficient (Wildman–Crippen LogP) is 5.10. The van der Waals surface area contributed by atoms with E-state index in [0.717, 1.165) is 17.7 Å². The summed E-state index contributed by atoms with van der Waals surface area (Å²) in [7, 11) is 3.90. The van der Waals surface area contributed by atoms with E-state index in [0.29, 0.717) is 12.5 Å². The number of hydrazone groups is 1. The zero-order valence-corrected chi connectivity index (χ0v) is 21.5. The lowest BCUT2D eigenvalue weighted by molar-refractivity contribution is -0.136. The van der Waals surface area contributed by atoms with E-state index in [1.54, 1.807) is 6.21 Å². The molecule has 1 aromatic rings. The lowest BCUT2D eigenvalue weighted by Crippen LogP contribution is -2.35. The Morgan fingerprint density at radius 1 is 1.18 bits per heavy atom. The average molecular weight is 459 g/mol. The van der Waals surface area contributed by atoms with Crippen molar-refractivity contribution < 1.29 is 9.90 Å². The first kappa shape index (κ1) is 28.1. The maximum Gasteiger partial charge on any atom is 0.307 e. The summed E-state index contributed by atoms with van der Waals surface area (Å²) in [5, 5.41) is 29.9. The first-order valence-corrected chi connectivity index (χ1v) is 11.6. The molecule has 1 aromatic carbocycles. The molecule has 1 rings (SSSR count). The monoisotopic (exact) mass is 458 g/mol. The minimum Gasteiger partial charge on any atom is -0.481 e. The number of allylic oxidation sites excluding steroid dienone is 1. The number of carbonyl (C=O) groups is 1. The van der Waals surface area contributed by atoms with Crippen molar-refractivity contribution in [3.63, 3.8) is 0 Å². The number of carboxylic acid groups (broad SMARTS) is 1. The predicted molar refractivity (Wildman–Crippen MR) is 137 cm³/mol. The van der Waals surface area contributed by atoms with Crippen LogP contribution < -0.4 is 5.32 Å².